The van der Waals surface area contributed by atoms with Crippen LogP contribution in [-0.2, 0) is 10.0 Å². The van der Waals surface area contributed by atoms with Gasteiger partial charge in [-0.2, -0.15) is 0 Å². The quantitative estimate of drug-likeness (QED) is 0.895. The van der Waals surface area contributed by atoms with Crippen LogP contribution in [0.5, 0.6) is 0 Å². The Balaban J connectivity index is 2.11. The van der Waals surface area contributed by atoms with Crippen LogP contribution in [0.1, 0.15) is 25.7 Å². The predicted molar refractivity (Wildman–Crippen MR) is 69.9 cm³/mol. The van der Waals surface area contributed by atoms with Crippen molar-refractivity contribution in [1.82, 2.24) is 4.72 Å². The molecule has 1 aliphatic carbocycles. The Bertz CT molecular complexity index is 486. The van der Waals surface area contributed by atoms with Crippen molar-refractivity contribution in [3.05, 3.63) is 16.5 Å². The average Bonchev–Trinajstić information content (AvgIpc) is 2.69. The van der Waals surface area contributed by atoms with E-state index in [1.807, 2.05) is 0 Å². The van der Waals surface area contributed by atoms with Gasteiger partial charge < -0.3 is 5.73 Å². The number of nitrogens with one attached hydrogen (secondary N) is 1. The van der Waals surface area contributed by atoms with Crippen molar-refractivity contribution in [3.63, 3.8) is 0 Å². The zero-order chi connectivity index (χ0) is 12.5. The van der Waals surface area contributed by atoms with Gasteiger partial charge in [0, 0.05) is 12.1 Å². The van der Waals surface area contributed by atoms with Crippen molar-refractivity contribution >= 4 is 33.0 Å². The van der Waals surface area contributed by atoms with E-state index in [2.05, 4.69) is 4.72 Å². The molecule has 2 unspecified atom stereocenters. The summed E-state index contributed by atoms with van der Waals surface area (Å²) in [5.74, 6) is 0. The fourth-order valence-electron chi connectivity index (χ4n) is 2.01. The summed E-state index contributed by atoms with van der Waals surface area (Å²) >= 11 is 6.80. The van der Waals surface area contributed by atoms with E-state index in [0.29, 0.717) is 4.34 Å². The molecule has 0 spiro atoms. The molecule has 1 saturated carbocycles. The summed E-state index contributed by atoms with van der Waals surface area (Å²) in [5.41, 5.74) is 5.92. The molecule has 17 heavy (non-hydrogen) atoms. The molecule has 2 atom stereocenters. The van der Waals surface area contributed by atoms with Gasteiger partial charge >= 0.3 is 0 Å². The number of rotatable bonds is 3. The number of halogens is 1. The molecular weight excluding hydrogens is 280 g/mol. The first kappa shape index (κ1) is 13.3. The largest absolute Gasteiger partial charge is 0.326 e. The van der Waals surface area contributed by atoms with Crippen molar-refractivity contribution in [1.29, 1.82) is 0 Å². The lowest BCUT2D eigenvalue weighted by atomic mass is 9.92. The molecule has 7 heteroatoms. The van der Waals surface area contributed by atoms with Gasteiger partial charge in [-0.15, -0.1) is 11.3 Å². The van der Waals surface area contributed by atoms with Crippen LogP contribution >= 0.6 is 22.9 Å². The highest BCUT2D eigenvalue weighted by atomic mass is 35.5. The lowest BCUT2D eigenvalue weighted by Crippen LogP contribution is -2.49. The summed E-state index contributed by atoms with van der Waals surface area (Å²) in [6.45, 7) is 0. The van der Waals surface area contributed by atoms with Crippen LogP contribution in [0, 0.1) is 0 Å². The first-order valence-corrected chi connectivity index (χ1v) is 8.20. The maximum atomic E-state index is 12.0. The van der Waals surface area contributed by atoms with Crippen LogP contribution in [0.25, 0.3) is 0 Å². The van der Waals surface area contributed by atoms with Crippen LogP contribution in [0.2, 0.25) is 4.34 Å². The van der Waals surface area contributed by atoms with Crippen LogP contribution in [-0.4, -0.2) is 20.5 Å². The number of sulfonamides is 1. The Morgan fingerprint density at radius 1 is 1.35 bits per heavy atom. The van der Waals surface area contributed by atoms with Gasteiger partial charge in [-0.1, -0.05) is 24.4 Å². The van der Waals surface area contributed by atoms with E-state index in [4.69, 9.17) is 17.3 Å². The molecular formula is C10H15ClN2O2S2. The minimum absolute atomic E-state index is 0.0889. The SMILES string of the molecule is NC1CCCCC1NS(=O)(=O)c1ccc(Cl)s1. The van der Waals surface area contributed by atoms with Crippen LogP contribution in [0.4, 0.5) is 0 Å². The minimum atomic E-state index is -3.47. The van der Waals surface area contributed by atoms with Gasteiger partial charge in [-0.25, -0.2) is 13.1 Å². The van der Waals surface area contributed by atoms with Gasteiger partial charge in [0.05, 0.1) is 4.34 Å². The Labute approximate surface area is 110 Å². The van der Waals surface area contributed by atoms with Gasteiger partial charge in [0.2, 0.25) is 10.0 Å². The fraction of sp³-hybridized carbons (Fsp3) is 0.600. The summed E-state index contributed by atoms with van der Waals surface area (Å²) in [7, 11) is -3.47. The van der Waals surface area contributed by atoms with Gasteiger partial charge in [-0.05, 0) is 25.0 Å². The van der Waals surface area contributed by atoms with Crippen molar-refractivity contribution in [2.45, 2.75) is 42.0 Å². The summed E-state index contributed by atoms with van der Waals surface area (Å²) in [6, 6.07) is 2.86. The third kappa shape index (κ3) is 3.20. The maximum absolute atomic E-state index is 12.0. The monoisotopic (exact) mass is 294 g/mol. The third-order valence-electron chi connectivity index (χ3n) is 2.94. The summed E-state index contributed by atoms with van der Waals surface area (Å²) in [6.07, 6.45) is 3.77. The second-order valence-electron chi connectivity index (χ2n) is 4.23. The molecule has 1 fully saturated rings. The average molecular weight is 295 g/mol. The summed E-state index contributed by atoms with van der Waals surface area (Å²) in [4.78, 5) is 0. The Hall–Kier alpha value is -0.140. The number of hydrogen-bond acceptors (Lipinski definition) is 4. The van der Waals surface area contributed by atoms with Crippen molar-refractivity contribution in [3.8, 4) is 0 Å². The third-order valence-corrected chi connectivity index (χ3v) is 6.15. The van der Waals surface area contributed by atoms with E-state index in [0.717, 1.165) is 37.0 Å². The molecule has 96 valence electrons. The molecule has 1 aliphatic rings. The molecule has 0 aromatic carbocycles. The topological polar surface area (TPSA) is 72.2 Å². The molecule has 0 radical (unpaired) electrons. The van der Waals surface area contributed by atoms with Gasteiger partial charge in [0.25, 0.3) is 0 Å². The van der Waals surface area contributed by atoms with Gasteiger partial charge in [0.1, 0.15) is 4.21 Å². The number of hydrogen-bond donors (Lipinski definition) is 2. The Morgan fingerprint density at radius 2 is 2.06 bits per heavy atom. The molecule has 1 aromatic heterocycles. The zero-order valence-corrected chi connectivity index (χ0v) is 11.6. The summed E-state index contributed by atoms with van der Waals surface area (Å²) < 4.78 is 27.5. The van der Waals surface area contributed by atoms with Crippen LogP contribution < -0.4 is 10.5 Å². The Morgan fingerprint density at radius 3 is 2.65 bits per heavy atom. The lowest BCUT2D eigenvalue weighted by molar-refractivity contribution is 0.361. The first-order chi connectivity index (χ1) is 7.99. The number of thiophene rings is 1. The molecule has 0 bridgehead atoms. The zero-order valence-electron chi connectivity index (χ0n) is 9.23. The highest BCUT2D eigenvalue weighted by molar-refractivity contribution is 7.91. The van der Waals surface area contributed by atoms with E-state index >= 15 is 0 Å². The van der Waals surface area contributed by atoms with Crippen molar-refractivity contribution in [2.75, 3.05) is 0 Å². The molecule has 1 aromatic rings. The summed E-state index contributed by atoms with van der Waals surface area (Å²) in [5, 5.41) is 0. The van der Waals surface area contributed by atoms with E-state index in [1.165, 1.54) is 6.07 Å². The molecule has 1 heterocycles. The lowest BCUT2D eigenvalue weighted by Gasteiger charge is -2.28. The molecule has 0 amide bonds. The van der Waals surface area contributed by atoms with E-state index in [-0.39, 0.29) is 16.3 Å². The van der Waals surface area contributed by atoms with Crippen LogP contribution in [0.15, 0.2) is 16.3 Å². The maximum Gasteiger partial charge on any atom is 0.250 e. The number of nitrogens with two attached hydrogens (primary N) is 1. The first-order valence-electron chi connectivity index (χ1n) is 5.52. The predicted octanol–water partition coefficient (Wildman–Crippen LogP) is 1.95. The van der Waals surface area contributed by atoms with Gasteiger partial charge in [0.15, 0.2) is 0 Å². The van der Waals surface area contributed by atoms with Gasteiger partial charge in [-0.3, -0.25) is 0 Å². The molecule has 4 nitrogen and oxygen atoms in total. The fourth-order valence-corrected chi connectivity index (χ4v) is 4.83. The standard InChI is InChI=1S/C10H15ClN2O2S2/c11-9-5-6-10(16-9)17(14,15)13-8-4-2-1-3-7(8)12/h5-8,13H,1-4,12H2. The second-order valence-corrected chi connectivity index (χ2v) is 7.89. The van der Waals surface area contributed by atoms with E-state index in [1.54, 1.807) is 6.07 Å². The van der Waals surface area contributed by atoms with Crippen molar-refractivity contribution < 1.29 is 8.42 Å². The van der Waals surface area contributed by atoms with Crippen LogP contribution in [0.3, 0.4) is 0 Å². The molecule has 0 aliphatic heterocycles. The van der Waals surface area contributed by atoms with E-state index < -0.39 is 10.0 Å². The van der Waals surface area contributed by atoms with Crippen molar-refractivity contribution in [2.24, 2.45) is 5.73 Å². The smallest absolute Gasteiger partial charge is 0.250 e. The highest BCUT2D eigenvalue weighted by Gasteiger charge is 2.27. The molecule has 3 N–H and O–H groups in total. The molecule has 0 saturated heterocycles. The second kappa shape index (κ2) is 5.24. The molecule has 2 rings (SSSR count). The minimum Gasteiger partial charge on any atom is -0.326 e. The van der Waals surface area contributed by atoms with E-state index in [9.17, 15) is 8.42 Å². The Kier molecular flexibility index (Phi) is 4.10. The normalized spacial score (nSPS) is 26.0. The highest BCUT2D eigenvalue weighted by Crippen LogP contribution is 2.26.